The molecule has 2 amide bonds. The van der Waals surface area contributed by atoms with E-state index in [0.29, 0.717) is 0 Å². The molecule has 0 aromatic carbocycles. The van der Waals surface area contributed by atoms with Gasteiger partial charge in [-0.05, 0) is 26.3 Å². The molecule has 0 atom stereocenters. The third kappa shape index (κ3) is 4.84. The van der Waals surface area contributed by atoms with Gasteiger partial charge in [0.15, 0.2) is 0 Å². The van der Waals surface area contributed by atoms with Gasteiger partial charge in [0.2, 0.25) is 0 Å². The van der Waals surface area contributed by atoms with E-state index in [1.165, 1.54) is 25.7 Å². The van der Waals surface area contributed by atoms with Gasteiger partial charge in [-0.2, -0.15) is 0 Å². The summed E-state index contributed by atoms with van der Waals surface area (Å²) in [5, 5.41) is 5.69. The quantitative estimate of drug-likeness (QED) is 0.723. The molecule has 1 rings (SSSR count). The Morgan fingerprint density at radius 2 is 1.88 bits per heavy atom. The molecule has 1 aliphatic carbocycles. The fourth-order valence-corrected chi connectivity index (χ4v) is 2.17. The van der Waals surface area contributed by atoms with Gasteiger partial charge < -0.3 is 15.5 Å². The minimum atomic E-state index is -0.0401. The lowest BCUT2D eigenvalue weighted by molar-refractivity contribution is 0.228. The van der Waals surface area contributed by atoms with E-state index >= 15 is 0 Å². The first kappa shape index (κ1) is 13.3. The summed E-state index contributed by atoms with van der Waals surface area (Å²) < 4.78 is 0. The predicted molar refractivity (Wildman–Crippen MR) is 66.6 cm³/mol. The van der Waals surface area contributed by atoms with Gasteiger partial charge in [-0.3, -0.25) is 0 Å². The topological polar surface area (TPSA) is 44.4 Å². The number of carbonyl (C=O) groups is 1. The zero-order valence-corrected chi connectivity index (χ0v) is 10.6. The van der Waals surface area contributed by atoms with E-state index in [1.54, 1.807) is 0 Å². The van der Waals surface area contributed by atoms with Crippen LogP contribution in [-0.4, -0.2) is 43.7 Å². The number of carbonyl (C=O) groups excluding carboxylic acids is 1. The van der Waals surface area contributed by atoms with Crippen LogP contribution in [-0.2, 0) is 0 Å². The lowest BCUT2D eigenvalue weighted by atomic mass is 10.2. The van der Waals surface area contributed by atoms with Crippen LogP contribution in [0.3, 0.4) is 0 Å². The van der Waals surface area contributed by atoms with Gasteiger partial charge in [-0.25, -0.2) is 4.79 Å². The van der Waals surface area contributed by atoms with E-state index in [2.05, 4.69) is 22.6 Å². The minimum absolute atomic E-state index is 0.0401. The summed E-state index contributed by atoms with van der Waals surface area (Å²) in [6.45, 7) is 4.49. The van der Waals surface area contributed by atoms with E-state index in [4.69, 9.17) is 0 Å². The number of nitrogens with zero attached hydrogens (tertiary/aromatic N) is 1. The van der Waals surface area contributed by atoms with Crippen molar-refractivity contribution in [2.24, 2.45) is 0 Å². The van der Waals surface area contributed by atoms with Crippen molar-refractivity contribution >= 4 is 6.03 Å². The number of urea groups is 1. The van der Waals surface area contributed by atoms with Crippen LogP contribution in [0.4, 0.5) is 4.79 Å². The second-order valence-corrected chi connectivity index (χ2v) is 4.60. The van der Waals surface area contributed by atoms with Crippen LogP contribution in [0.25, 0.3) is 0 Å². The molecule has 0 bridgehead atoms. The summed E-state index contributed by atoms with van der Waals surface area (Å²) in [6, 6.07) is 0.696. The molecule has 1 aliphatic rings. The molecule has 0 aromatic rings. The third-order valence-corrected chi connectivity index (χ3v) is 3.23. The fraction of sp³-hybridized carbons (Fsp3) is 0.917. The maximum atomic E-state index is 11.3. The van der Waals surface area contributed by atoms with Crippen molar-refractivity contribution in [3.8, 4) is 0 Å². The molecular formula is C12H25N3O. The normalized spacial score (nSPS) is 16.7. The molecule has 0 radical (unpaired) electrons. The summed E-state index contributed by atoms with van der Waals surface area (Å²) in [6.07, 6.45) is 6.34. The highest BCUT2D eigenvalue weighted by molar-refractivity contribution is 5.73. The van der Waals surface area contributed by atoms with Gasteiger partial charge in [-0.15, -0.1) is 0 Å². The van der Waals surface area contributed by atoms with Crippen molar-refractivity contribution in [2.75, 3.05) is 26.7 Å². The van der Waals surface area contributed by atoms with Crippen molar-refractivity contribution in [3.05, 3.63) is 0 Å². The van der Waals surface area contributed by atoms with Crippen LogP contribution in [0, 0.1) is 0 Å². The van der Waals surface area contributed by atoms with Crippen LogP contribution in [0.2, 0.25) is 0 Å². The Bertz CT molecular complexity index is 202. The molecule has 0 spiro atoms. The first-order chi connectivity index (χ1) is 7.74. The van der Waals surface area contributed by atoms with Crippen molar-refractivity contribution in [1.82, 2.24) is 15.5 Å². The highest BCUT2D eigenvalue weighted by atomic mass is 16.2. The van der Waals surface area contributed by atoms with Gasteiger partial charge in [0, 0.05) is 25.7 Å². The summed E-state index contributed by atoms with van der Waals surface area (Å²) in [5.41, 5.74) is 0. The Morgan fingerprint density at radius 3 is 2.50 bits per heavy atom. The monoisotopic (exact) mass is 227 g/mol. The number of amides is 2. The zero-order valence-electron chi connectivity index (χ0n) is 10.6. The van der Waals surface area contributed by atoms with Crippen molar-refractivity contribution in [3.63, 3.8) is 0 Å². The van der Waals surface area contributed by atoms with Gasteiger partial charge >= 0.3 is 6.03 Å². The van der Waals surface area contributed by atoms with Crippen LogP contribution < -0.4 is 10.6 Å². The molecule has 1 fully saturated rings. The molecule has 4 heteroatoms. The molecule has 0 heterocycles. The number of hydrogen-bond donors (Lipinski definition) is 2. The van der Waals surface area contributed by atoms with E-state index in [1.807, 2.05) is 6.92 Å². The summed E-state index contributed by atoms with van der Waals surface area (Å²) >= 11 is 0. The van der Waals surface area contributed by atoms with Gasteiger partial charge in [-0.1, -0.05) is 19.8 Å². The highest BCUT2D eigenvalue weighted by Crippen LogP contribution is 2.21. The van der Waals surface area contributed by atoms with Crippen LogP contribution >= 0.6 is 0 Å². The van der Waals surface area contributed by atoms with Crippen molar-refractivity contribution < 1.29 is 4.79 Å². The Balaban J connectivity index is 2.03. The van der Waals surface area contributed by atoms with E-state index in [-0.39, 0.29) is 6.03 Å². The maximum absolute atomic E-state index is 11.3. The summed E-state index contributed by atoms with van der Waals surface area (Å²) in [5.74, 6) is 0. The lowest BCUT2D eigenvalue weighted by Gasteiger charge is -2.23. The standard InChI is InChI=1S/C12H25N3O/c1-3-8-13-12(16)14-9-10-15(2)11-6-4-5-7-11/h11H,3-10H2,1-2H3,(H2,13,14,16). The Hall–Kier alpha value is -0.770. The van der Waals surface area contributed by atoms with E-state index in [9.17, 15) is 4.79 Å². The SMILES string of the molecule is CCCNC(=O)NCCN(C)C1CCCC1. The molecule has 0 aliphatic heterocycles. The molecule has 94 valence electrons. The van der Waals surface area contributed by atoms with Crippen molar-refractivity contribution in [1.29, 1.82) is 0 Å². The average Bonchev–Trinajstić information content (AvgIpc) is 2.79. The highest BCUT2D eigenvalue weighted by Gasteiger charge is 2.18. The molecule has 0 unspecified atom stereocenters. The largest absolute Gasteiger partial charge is 0.338 e. The number of rotatable bonds is 6. The van der Waals surface area contributed by atoms with Gasteiger partial charge in [0.1, 0.15) is 0 Å². The summed E-state index contributed by atoms with van der Waals surface area (Å²) in [4.78, 5) is 13.6. The molecule has 4 nitrogen and oxygen atoms in total. The molecule has 0 saturated heterocycles. The molecule has 16 heavy (non-hydrogen) atoms. The summed E-state index contributed by atoms with van der Waals surface area (Å²) in [7, 11) is 2.15. The fourth-order valence-electron chi connectivity index (χ4n) is 2.17. The van der Waals surface area contributed by atoms with Crippen LogP contribution in [0.5, 0.6) is 0 Å². The second-order valence-electron chi connectivity index (χ2n) is 4.60. The molecule has 2 N–H and O–H groups in total. The van der Waals surface area contributed by atoms with E-state index in [0.717, 1.165) is 32.1 Å². The van der Waals surface area contributed by atoms with Crippen LogP contribution in [0.15, 0.2) is 0 Å². The lowest BCUT2D eigenvalue weighted by Crippen LogP contribution is -2.41. The molecule has 0 aromatic heterocycles. The maximum Gasteiger partial charge on any atom is 0.314 e. The number of nitrogens with one attached hydrogen (secondary N) is 2. The van der Waals surface area contributed by atoms with E-state index < -0.39 is 0 Å². The molecule has 1 saturated carbocycles. The smallest absolute Gasteiger partial charge is 0.314 e. The number of hydrogen-bond acceptors (Lipinski definition) is 2. The minimum Gasteiger partial charge on any atom is -0.338 e. The molecular weight excluding hydrogens is 202 g/mol. The average molecular weight is 227 g/mol. The Kier molecular flexibility index (Phi) is 6.23. The number of likely N-dealkylation sites (N-methyl/N-ethyl adjacent to an activating group) is 1. The van der Waals surface area contributed by atoms with Crippen LogP contribution in [0.1, 0.15) is 39.0 Å². The predicted octanol–water partition coefficient (Wildman–Crippen LogP) is 1.57. The Morgan fingerprint density at radius 1 is 1.25 bits per heavy atom. The first-order valence-corrected chi connectivity index (χ1v) is 6.46. The second kappa shape index (κ2) is 7.49. The van der Waals surface area contributed by atoms with Crippen molar-refractivity contribution in [2.45, 2.75) is 45.1 Å². The van der Waals surface area contributed by atoms with Gasteiger partial charge in [0.25, 0.3) is 0 Å². The van der Waals surface area contributed by atoms with Gasteiger partial charge in [0.05, 0.1) is 0 Å². The zero-order chi connectivity index (χ0) is 11.8. The third-order valence-electron chi connectivity index (χ3n) is 3.23. The first-order valence-electron chi connectivity index (χ1n) is 6.46. The Labute approximate surface area is 98.8 Å².